The van der Waals surface area contributed by atoms with Crippen molar-refractivity contribution in [3.05, 3.63) is 64.3 Å². The van der Waals surface area contributed by atoms with E-state index < -0.39 is 4.92 Å². The van der Waals surface area contributed by atoms with Crippen molar-refractivity contribution < 1.29 is 14.5 Å². The van der Waals surface area contributed by atoms with Crippen molar-refractivity contribution in [3.63, 3.8) is 0 Å². The summed E-state index contributed by atoms with van der Waals surface area (Å²) in [6.07, 6.45) is 4.59. The molecule has 0 spiro atoms. The minimum Gasteiger partial charge on any atom is -0.497 e. The number of amides is 1. The predicted molar refractivity (Wildman–Crippen MR) is 102 cm³/mol. The van der Waals surface area contributed by atoms with E-state index in [0.717, 1.165) is 11.3 Å². The first-order valence-electron chi connectivity index (χ1n) is 8.53. The second kappa shape index (κ2) is 8.31. The van der Waals surface area contributed by atoms with Gasteiger partial charge in [-0.2, -0.15) is 0 Å². The highest BCUT2D eigenvalue weighted by Gasteiger charge is 2.21. The molecule has 140 valence electrons. The average molecular weight is 368 g/mol. The van der Waals surface area contributed by atoms with Crippen LogP contribution < -0.4 is 9.64 Å². The number of carbonyl (C=O) groups is 1. The third-order valence-corrected chi connectivity index (χ3v) is 4.37. The lowest BCUT2D eigenvalue weighted by Gasteiger charge is -2.34. The molecule has 8 heteroatoms. The molecule has 1 aliphatic heterocycles. The molecular weight excluding hydrogens is 348 g/mol. The van der Waals surface area contributed by atoms with Gasteiger partial charge in [0.1, 0.15) is 17.8 Å². The minimum absolute atomic E-state index is 0.0322. The van der Waals surface area contributed by atoms with Gasteiger partial charge in [0.15, 0.2) is 0 Å². The molecule has 2 aromatic rings. The van der Waals surface area contributed by atoms with Crippen LogP contribution in [0.3, 0.4) is 0 Å². The van der Waals surface area contributed by atoms with Gasteiger partial charge in [0.25, 0.3) is 5.69 Å². The molecular formula is C19H20N4O4. The Labute approximate surface area is 156 Å². The van der Waals surface area contributed by atoms with Crippen LogP contribution in [0.4, 0.5) is 11.5 Å². The zero-order valence-electron chi connectivity index (χ0n) is 14.9. The Kier molecular flexibility index (Phi) is 5.65. The van der Waals surface area contributed by atoms with Crippen molar-refractivity contribution in [2.24, 2.45) is 0 Å². The molecule has 1 saturated heterocycles. The summed E-state index contributed by atoms with van der Waals surface area (Å²) >= 11 is 0. The first-order valence-corrected chi connectivity index (χ1v) is 8.53. The zero-order chi connectivity index (χ0) is 19.2. The van der Waals surface area contributed by atoms with E-state index in [-0.39, 0.29) is 11.6 Å². The van der Waals surface area contributed by atoms with E-state index in [1.165, 1.54) is 12.3 Å². The number of piperazine rings is 1. The topological polar surface area (TPSA) is 88.8 Å². The fraction of sp³-hybridized carbons (Fsp3) is 0.263. The van der Waals surface area contributed by atoms with Gasteiger partial charge in [0.2, 0.25) is 5.91 Å². The lowest BCUT2D eigenvalue weighted by molar-refractivity contribution is -0.385. The van der Waals surface area contributed by atoms with E-state index >= 15 is 0 Å². The quantitative estimate of drug-likeness (QED) is 0.457. The molecule has 3 rings (SSSR count). The molecule has 0 saturated carbocycles. The highest BCUT2D eigenvalue weighted by molar-refractivity contribution is 5.92. The maximum Gasteiger partial charge on any atom is 0.287 e. The third kappa shape index (κ3) is 4.60. The largest absolute Gasteiger partial charge is 0.497 e. The average Bonchev–Trinajstić information content (AvgIpc) is 2.72. The molecule has 0 atom stereocenters. The van der Waals surface area contributed by atoms with Gasteiger partial charge in [-0.15, -0.1) is 0 Å². The van der Waals surface area contributed by atoms with Crippen LogP contribution in [-0.4, -0.2) is 54.0 Å². The van der Waals surface area contributed by atoms with Gasteiger partial charge in [-0.1, -0.05) is 12.1 Å². The van der Waals surface area contributed by atoms with Crippen molar-refractivity contribution in [1.29, 1.82) is 0 Å². The maximum atomic E-state index is 12.4. The fourth-order valence-electron chi connectivity index (χ4n) is 2.85. The van der Waals surface area contributed by atoms with Crippen molar-refractivity contribution in [2.75, 3.05) is 38.2 Å². The Morgan fingerprint density at radius 2 is 2.00 bits per heavy atom. The summed E-state index contributed by atoms with van der Waals surface area (Å²) in [4.78, 5) is 30.5. The number of hydrogen-bond acceptors (Lipinski definition) is 6. The summed E-state index contributed by atoms with van der Waals surface area (Å²) in [5, 5.41) is 10.7. The maximum absolute atomic E-state index is 12.4. The van der Waals surface area contributed by atoms with E-state index in [1.54, 1.807) is 30.2 Å². The summed E-state index contributed by atoms with van der Waals surface area (Å²) < 4.78 is 5.17. The summed E-state index contributed by atoms with van der Waals surface area (Å²) in [6, 6.07) is 10.6. The van der Waals surface area contributed by atoms with Crippen molar-refractivity contribution in [1.82, 2.24) is 9.88 Å². The molecule has 1 amide bonds. The van der Waals surface area contributed by atoms with Gasteiger partial charge in [-0.25, -0.2) is 4.98 Å². The number of nitro groups is 1. The second-order valence-corrected chi connectivity index (χ2v) is 6.05. The van der Waals surface area contributed by atoms with Gasteiger partial charge in [0.05, 0.1) is 12.0 Å². The van der Waals surface area contributed by atoms with Crippen LogP contribution in [0, 0.1) is 10.1 Å². The molecule has 27 heavy (non-hydrogen) atoms. The van der Waals surface area contributed by atoms with Gasteiger partial charge < -0.3 is 14.5 Å². The van der Waals surface area contributed by atoms with Crippen molar-refractivity contribution in [2.45, 2.75) is 0 Å². The summed E-state index contributed by atoms with van der Waals surface area (Å²) in [6.45, 7) is 2.40. The summed E-state index contributed by atoms with van der Waals surface area (Å²) in [5.74, 6) is 1.38. The molecule has 1 fully saturated rings. The summed E-state index contributed by atoms with van der Waals surface area (Å²) in [5.41, 5.74) is 0.867. The van der Waals surface area contributed by atoms with Crippen LogP contribution in [0.25, 0.3) is 6.08 Å². The lowest BCUT2D eigenvalue weighted by Crippen LogP contribution is -2.48. The van der Waals surface area contributed by atoms with Crippen LogP contribution in [0.15, 0.2) is 48.7 Å². The van der Waals surface area contributed by atoms with Crippen molar-refractivity contribution in [3.8, 4) is 5.75 Å². The Hall–Kier alpha value is -3.42. The van der Waals surface area contributed by atoms with Gasteiger partial charge >= 0.3 is 0 Å². The van der Waals surface area contributed by atoms with E-state index in [4.69, 9.17) is 4.74 Å². The standard InChI is InChI=1S/C19H20N4O4/c1-27-17-4-2-3-15(13-17)5-8-19(24)22-11-9-21(10-12-22)18-7-6-16(14-20-18)23(25)26/h2-8,13-14H,9-12H2,1H3/b8-5+. The first kappa shape index (κ1) is 18.4. The van der Waals surface area contributed by atoms with Crippen LogP contribution >= 0.6 is 0 Å². The molecule has 2 heterocycles. The number of benzene rings is 1. The number of rotatable bonds is 5. The molecule has 0 aliphatic carbocycles. The SMILES string of the molecule is COc1cccc(/C=C/C(=O)N2CCN(c3ccc([N+](=O)[O-])cn3)CC2)c1. The van der Waals surface area contributed by atoms with E-state index in [0.29, 0.717) is 32.0 Å². The third-order valence-electron chi connectivity index (χ3n) is 4.37. The van der Waals surface area contributed by atoms with Gasteiger partial charge in [-0.05, 0) is 29.8 Å². The fourth-order valence-corrected chi connectivity index (χ4v) is 2.85. The van der Waals surface area contributed by atoms with Crippen LogP contribution in [0.1, 0.15) is 5.56 Å². The monoisotopic (exact) mass is 368 g/mol. The lowest BCUT2D eigenvalue weighted by atomic mass is 10.2. The minimum atomic E-state index is -0.470. The number of ether oxygens (including phenoxy) is 1. The highest BCUT2D eigenvalue weighted by atomic mass is 16.6. The number of carbonyl (C=O) groups excluding carboxylic acids is 1. The Morgan fingerprint density at radius 1 is 1.22 bits per heavy atom. The van der Waals surface area contributed by atoms with Gasteiger partial charge in [-0.3, -0.25) is 14.9 Å². The van der Waals surface area contributed by atoms with E-state index in [2.05, 4.69) is 4.98 Å². The molecule has 1 aromatic carbocycles. The molecule has 0 radical (unpaired) electrons. The highest BCUT2D eigenvalue weighted by Crippen LogP contribution is 2.18. The van der Waals surface area contributed by atoms with Crippen LogP contribution in [0.2, 0.25) is 0 Å². The Bertz CT molecular complexity index is 843. The van der Waals surface area contributed by atoms with E-state index in [9.17, 15) is 14.9 Å². The molecule has 1 aromatic heterocycles. The zero-order valence-corrected chi connectivity index (χ0v) is 14.9. The normalized spacial score (nSPS) is 14.4. The first-order chi connectivity index (χ1) is 13.1. The number of aromatic nitrogens is 1. The Morgan fingerprint density at radius 3 is 2.63 bits per heavy atom. The molecule has 0 N–H and O–H groups in total. The van der Waals surface area contributed by atoms with Crippen molar-refractivity contribution >= 4 is 23.5 Å². The number of nitrogens with zero attached hydrogens (tertiary/aromatic N) is 4. The molecule has 0 bridgehead atoms. The number of methoxy groups -OCH3 is 1. The number of pyridine rings is 1. The Balaban J connectivity index is 1.55. The van der Waals surface area contributed by atoms with E-state index in [1.807, 2.05) is 29.2 Å². The predicted octanol–water partition coefficient (Wildman–Crippen LogP) is 2.36. The molecule has 1 aliphatic rings. The summed E-state index contributed by atoms with van der Waals surface area (Å²) in [7, 11) is 1.60. The molecule has 0 unspecified atom stereocenters. The van der Waals surface area contributed by atoms with Crippen LogP contribution in [-0.2, 0) is 4.79 Å². The second-order valence-electron chi connectivity index (χ2n) is 6.05. The number of anilines is 1. The smallest absolute Gasteiger partial charge is 0.287 e. The number of hydrogen-bond donors (Lipinski definition) is 0. The molecule has 8 nitrogen and oxygen atoms in total. The van der Waals surface area contributed by atoms with Crippen LogP contribution in [0.5, 0.6) is 5.75 Å². The van der Waals surface area contributed by atoms with Gasteiger partial charge in [0, 0.05) is 38.3 Å².